The van der Waals surface area contributed by atoms with Crippen LogP contribution in [0.15, 0.2) is 0 Å². The molecule has 2 saturated carbocycles. The monoisotopic (exact) mass is 209 g/mol. The van der Waals surface area contributed by atoms with Crippen molar-refractivity contribution in [1.82, 2.24) is 5.01 Å². The molecule has 1 saturated heterocycles. The van der Waals surface area contributed by atoms with Crippen LogP contribution >= 0.6 is 0 Å². The molecule has 0 radical (unpaired) electrons. The van der Waals surface area contributed by atoms with Gasteiger partial charge in [-0.1, -0.05) is 13.8 Å². The maximum atomic E-state index is 11.8. The molecule has 0 aromatic rings. The van der Waals surface area contributed by atoms with Gasteiger partial charge in [-0.25, -0.2) is 5.01 Å². The molecule has 1 aliphatic heterocycles. The van der Waals surface area contributed by atoms with Crippen LogP contribution in [0.5, 0.6) is 0 Å². The number of hydrogen-bond acceptors (Lipinski definition) is 3. The van der Waals surface area contributed by atoms with E-state index in [0.29, 0.717) is 5.92 Å². The summed E-state index contributed by atoms with van der Waals surface area (Å²) in [6.07, 6.45) is 3.19. The first-order valence-corrected chi connectivity index (χ1v) is 5.71. The van der Waals surface area contributed by atoms with Crippen LogP contribution in [0.3, 0.4) is 0 Å². The van der Waals surface area contributed by atoms with Gasteiger partial charge in [0.25, 0.3) is 0 Å². The number of hydrogen-bond donors (Lipinski definition) is 2. The van der Waals surface area contributed by atoms with Gasteiger partial charge in [0, 0.05) is 12.0 Å². The first-order chi connectivity index (χ1) is 6.88. The summed E-state index contributed by atoms with van der Waals surface area (Å²) in [5.41, 5.74) is 5.25. The molecule has 2 aliphatic carbocycles. The fourth-order valence-corrected chi connectivity index (χ4v) is 4.85. The summed E-state index contributed by atoms with van der Waals surface area (Å²) in [5.74, 6) is 6.46. The van der Waals surface area contributed by atoms with Crippen molar-refractivity contribution in [1.29, 1.82) is 0 Å². The standard InChI is InChI=1S/C11H19N3O/c1-9-6-14(13)11(8(12)15)5-7(9)3-4-10(9,11)2/h7H,3-6,13H2,1-2H3,(H2,12,15). The van der Waals surface area contributed by atoms with Gasteiger partial charge in [0.05, 0.1) is 0 Å². The van der Waals surface area contributed by atoms with Crippen molar-refractivity contribution in [3.63, 3.8) is 0 Å². The molecule has 4 bridgehead atoms. The van der Waals surface area contributed by atoms with Crippen molar-refractivity contribution in [3.8, 4) is 0 Å². The van der Waals surface area contributed by atoms with Crippen molar-refractivity contribution in [2.45, 2.75) is 38.6 Å². The summed E-state index contributed by atoms with van der Waals surface area (Å²) in [7, 11) is 0. The second kappa shape index (κ2) is 2.23. The third kappa shape index (κ3) is 0.658. The highest BCUT2D eigenvalue weighted by molar-refractivity contribution is 5.87. The van der Waals surface area contributed by atoms with Gasteiger partial charge in [-0.3, -0.25) is 10.6 Å². The van der Waals surface area contributed by atoms with E-state index >= 15 is 0 Å². The predicted octanol–water partition coefficient (Wildman–Crippen LogP) is 0.226. The van der Waals surface area contributed by atoms with Gasteiger partial charge in [0.2, 0.25) is 5.91 Å². The minimum Gasteiger partial charge on any atom is -0.368 e. The predicted molar refractivity (Wildman–Crippen MR) is 56.4 cm³/mol. The van der Waals surface area contributed by atoms with Crippen LogP contribution < -0.4 is 11.6 Å². The number of carbonyl (C=O) groups is 1. The number of nitrogens with zero attached hydrogens (tertiary/aromatic N) is 1. The minimum absolute atomic E-state index is 0.00868. The number of nitrogens with two attached hydrogens (primary N) is 2. The van der Waals surface area contributed by atoms with E-state index in [0.717, 1.165) is 19.4 Å². The molecule has 3 fully saturated rings. The summed E-state index contributed by atoms with van der Waals surface area (Å²) in [4.78, 5) is 11.8. The first kappa shape index (κ1) is 9.60. The van der Waals surface area contributed by atoms with E-state index in [1.165, 1.54) is 6.42 Å². The van der Waals surface area contributed by atoms with E-state index < -0.39 is 5.54 Å². The maximum Gasteiger partial charge on any atom is 0.239 e. The molecule has 4 atom stereocenters. The average molecular weight is 209 g/mol. The van der Waals surface area contributed by atoms with Gasteiger partial charge in [-0.2, -0.15) is 0 Å². The van der Waals surface area contributed by atoms with Gasteiger partial charge in [-0.15, -0.1) is 0 Å². The minimum atomic E-state index is -0.565. The Labute approximate surface area is 89.9 Å². The van der Waals surface area contributed by atoms with Crippen LogP contribution in [-0.2, 0) is 4.79 Å². The lowest BCUT2D eigenvalue weighted by Gasteiger charge is -2.43. The van der Waals surface area contributed by atoms with Crippen LogP contribution in [0.1, 0.15) is 33.1 Å². The Hall–Kier alpha value is -0.610. The molecule has 3 rings (SSSR count). The van der Waals surface area contributed by atoms with Crippen molar-refractivity contribution < 1.29 is 4.79 Å². The normalized spacial score (nSPS) is 57.7. The number of primary amides is 1. The highest BCUT2D eigenvalue weighted by Gasteiger charge is 2.79. The molecular formula is C11H19N3O. The Morgan fingerprint density at radius 3 is 2.60 bits per heavy atom. The maximum absolute atomic E-state index is 11.8. The quantitative estimate of drug-likeness (QED) is 0.607. The van der Waals surface area contributed by atoms with Crippen LogP contribution in [0.25, 0.3) is 0 Å². The zero-order valence-electron chi connectivity index (χ0n) is 9.42. The fraction of sp³-hybridized carbons (Fsp3) is 0.909. The fourth-order valence-electron chi connectivity index (χ4n) is 4.85. The topological polar surface area (TPSA) is 72.3 Å². The molecule has 4 N–H and O–H groups in total. The van der Waals surface area contributed by atoms with Gasteiger partial charge in [0.15, 0.2) is 0 Å². The zero-order chi connectivity index (χ0) is 11.1. The lowest BCUT2D eigenvalue weighted by atomic mass is 9.65. The lowest BCUT2D eigenvalue weighted by molar-refractivity contribution is -0.135. The highest BCUT2D eigenvalue weighted by Crippen LogP contribution is 2.74. The Balaban J connectivity index is 2.22. The average Bonchev–Trinajstić information content (AvgIpc) is 2.55. The summed E-state index contributed by atoms with van der Waals surface area (Å²) < 4.78 is 0. The molecule has 15 heavy (non-hydrogen) atoms. The van der Waals surface area contributed by atoms with Crippen LogP contribution in [0.4, 0.5) is 0 Å². The smallest absolute Gasteiger partial charge is 0.239 e. The Bertz CT molecular complexity index is 358. The van der Waals surface area contributed by atoms with Crippen molar-refractivity contribution in [2.24, 2.45) is 28.3 Å². The Kier molecular flexibility index (Phi) is 1.43. The summed E-state index contributed by atoms with van der Waals surface area (Å²) in [5, 5.41) is 1.73. The lowest BCUT2D eigenvalue weighted by Crippen LogP contribution is -2.63. The highest BCUT2D eigenvalue weighted by atomic mass is 16.2. The van der Waals surface area contributed by atoms with Gasteiger partial charge >= 0.3 is 0 Å². The molecule has 0 aromatic carbocycles. The molecule has 3 aliphatic rings. The number of rotatable bonds is 1. The molecule has 0 aromatic heterocycles. The van der Waals surface area contributed by atoms with Crippen molar-refractivity contribution in [3.05, 3.63) is 0 Å². The van der Waals surface area contributed by atoms with Crippen LogP contribution in [0, 0.1) is 16.7 Å². The van der Waals surface area contributed by atoms with Crippen LogP contribution in [-0.4, -0.2) is 23.0 Å². The third-order valence-corrected chi connectivity index (χ3v) is 6.01. The Morgan fingerprint density at radius 1 is 1.47 bits per heavy atom. The molecule has 1 heterocycles. The van der Waals surface area contributed by atoms with Crippen molar-refractivity contribution >= 4 is 5.91 Å². The molecule has 1 amide bonds. The molecule has 84 valence electrons. The molecule has 4 unspecified atom stereocenters. The SMILES string of the molecule is CC12CN(N)C3(C(N)=O)CC1CCC23C. The van der Waals surface area contributed by atoms with Gasteiger partial charge in [0.1, 0.15) is 5.54 Å². The van der Waals surface area contributed by atoms with E-state index in [1.807, 2.05) is 0 Å². The summed E-state index contributed by atoms with van der Waals surface area (Å²) >= 11 is 0. The largest absolute Gasteiger partial charge is 0.368 e. The Morgan fingerprint density at radius 2 is 2.13 bits per heavy atom. The van der Waals surface area contributed by atoms with Crippen LogP contribution in [0.2, 0.25) is 0 Å². The van der Waals surface area contributed by atoms with E-state index in [1.54, 1.807) is 5.01 Å². The van der Waals surface area contributed by atoms with E-state index in [9.17, 15) is 4.79 Å². The molecule has 4 heteroatoms. The molecule has 0 spiro atoms. The van der Waals surface area contributed by atoms with E-state index in [2.05, 4.69) is 13.8 Å². The number of amides is 1. The van der Waals surface area contributed by atoms with Gasteiger partial charge < -0.3 is 5.73 Å². The number of carbonyl (C=O) groups excluding carboxylic acids is 1. The number of hydrazine groups is 1. The first-order valence-electron chi connectivity index (χ1n) is 5.71. The van der Waals surface area contributed by atoms with Crippen molar-refractivity contribution in [2.75, 3.05) is 6.54 Å². The molecule has 4 nitrogen and oxygen atoms in total. The summed E-state index contributed by atoms with van der Waals surface area (Å²) in [6, 6.07) is 0. The zero-order valence-corrected chi connectivity index (χ0v) is 9.42. The second-order valence-electron chi connectivity index (χ2n) is 6.04. The van der Waals surface area contributed by atoms with Gasteiger partial charge in [-0.05, 0) is 30.6 Å². The third-order valence-electron chi connectivity index (χ3n) is 6.01. The molecular weight excluding hydrogens is 190 g/mol. The summed E-state index contributed by atoms with van der Waals surface area (Å²) in [6.45, 7) is 5.30. The van der Waals surface area contributed by atoms with E-state index in [4.69, 9.17) is 11.6 Å². The number of piperidine rings is 1. The van der Waals surface area contributed by atoms with E-state index in [-0.39, 0.29) is 16.7 Å². The second-order valence-corrected chi connectivity index (χ2v) is 6.04.